The molecule has 2 aromatic carbocycles. The van der Waals surface area contributed by atoms with E-state index in [1.165, 1.54) is 16.7 Å². The van der Waals surface area contributed by atoms with Gasteiger partial charge < -0.3 is 36.4 Å². The molecule has 0 unspecified atom stereocenters. The van der Waals surface area contributed by atoms with Crippen LogP contribution in [0.3, 0.4) is 0 Å². The minimum Gasteiger partial charge on any atom is -0.347 e. The van der Waals surface area contributed by atoms with Gasteiger partial charge in [-0.1, -0.05) is 60.4 Å². The molecule has 2 aliphatic carbocycles. The predicted molar refractivity (Wildman–Crippen MR) is 261 cm³/mol. The van der Waals surface area contributed by atoms with Crippen LogP contribution in [0.4, 0.5) is 0 Å². The molecule has 2 aromatic rings. The van der Waals surface area contributed by atoms with Gasteiger partial charge in [-0.25, -0.2) is 0 Å². The maximum absolute atomic E-state index is 14.3. The number of likely N-dealkylation sites (tertiary alicyclic amines) is 2. The van der Waals surface area contributed by atoms with Crippen molar-refractivity contribution in [3.8, 4) is 23.7 Å². The quantitative estimate of drug-likeness (QED) is 0.158. The molecule has 8 atom stereocenters. The monoisotopic (exact) mass is 945 g/mol. The molecule has 358 valence electrons. The highest BCUT2D eigenvalue weighted by Gasteiger charge is 2.39. The highest BCUT2D eigenvalue weighted by atomic mass is 35.5. The van der Waals surface area contributed by atoms with Crippen molar-refractivity contribution in [2.75, 3.05) is 27.2 Å². The molecule has 0 spiro atoms. The molecule has 0 saturated carbocycles. The number of rotatable bonds is 15. The van der Waals surface area contributed by atoms with E-state index in [4.69, 9.17) is 0 Å². The summed E-state index contributed by atoms with van der Waals surface area (Å²) >= 11 is 0. The standard InChI is InChI=1S/C51H67N7O6.2ClH/c1-34(52-3)47(60)55-42(50(63)57-31-15-13-29-44(57)46(59)33-38-23-17-21-36-19-9-11-24-39(36)38)26-7-5-6-8-27-43(56-48(61)35(2)53-4)51(64)58-32-16-14-30-45(58)49(62)54-41-28-18-22-37-20-10-12-25-40(37)41;;/h9-12,19-20,24-25,34-35,38,41-45,52-53H,13-18,21-23,26-33H2,1-4H3,(H,54,62)(H,55,60)(H,56,61);2*1H/t34-,35-,38-,41+,42-,43-,44-,45-;;/m0../s1. The lowest BCUT2D eigenvalue weighted by atomic mass is 9.79. The predicted octanol–water partition coefficient (Wildman–Crippen LogP) is 4.84. The Morgan fingerprint density at radius 1 is 0.621 bits per heavy atom. The number of ketones is 1. The van der Waals surface area contributed by atoms with Crippen LogP contribution in [-0.2, 0) is 41.6 Å². The van der Waals surface area contributed by atoms with Crippen molar-refractivity contribution < 1.29 is 28.8 Å². The first kappa shape index (κ1) is 53.7. The van der Waals surface area contributed by atoms with Gasteiger partial charge in [0.05, 0.1) is 24.2 Å². The zero-order valence-corrected chi connectivity index (χ0v) is 40.6. The van der Waals surface area contributed by atoms with E-state index in [0.717, 1.165) is 69.8 Å². The SMILES string of the molecule is CN[C@@H](C)C(=O)N[C@@H](CC#CC#CC[C@H](NC(=O)[C@H](C)NC)C(=O)N1CCCC[C@H]1C(=O)N[C@@H]1CCCc2ccccc21)C(=O)N1CCCC[C@H]1C(=O)C[C@@H]1CCCc2ccccc21.Cl.Cl. The summed E-state index contributed by atoms with van der Waals surface area (Å²) in [6.45, 7) is 4.19. The number of fused-ring (bicyclic) bond motifs is 2. The van der Waals surface area contributed by atoms with Crippen molar-refractivity contribution >= 4 is 60.1 Å². The van der Waals surface area contributed by atoms with Gasteiger partial charge in [-0.2, -0.15) is 0 Å². The average Bonchev–Trinajstić information content (AvgIpc) is 3.33. The molecule has 5 N–H and O–H groups in total. The average molecular weight is 947 g/mol. The number of hydrogen-bond donors (Lipinski definition) is 5. The number of nitrogens with one attached hydrogen (secondary N) is 5. The van der Waals surface area contributed by atoms with Gasteiger partial charge in [0.25, 0.3) is 0 Å². The number of carbonyl (C=O) groups is 6. The van der Waals surface area contributed by atoms with Crippen molar-refractivity contribution in [3.63, 3.8) is 0 Å². The van der Waals surface area contributed by atoms with E-state index in [1.807, 2.05) is 24.3 Å². The number of aryl methyl sites for hydroxylation is 2. The topological polar surface area (TPSA) is 169 Å². The molecule has 0 radical (unpaired) electrons. The normalized spacial score (nSPS) is 21.6. The molecule has 2 heterocycles. The van der Waals surface area contributed by atoms with Crippen molar-refractivity contribution in [2.24, 2.45) is 0 Å². The zero-order valence-electron chi connectivity index (χ0n) is 38.9. The number of halogens is 2. The van der Waals surface area contributed by atoms with Crippen LogP contribution < -0.4 is 26.6 Å². The second kappa shape index (κ2) is 26.4. The second-order valence-electron chi connectivity index (χ2n) is 17.9. The van der Waals surface area contributed by atoms with Crippen molar-refractivity contribution in [3.05, 3.63) is 70.8 Å². The number of amides is 5. The molecule has 0 aromatic heterocycles. The van der Waals surface area contributed by atoms with Gasteiger partial charge in [-0.05, 0) is 145 Å². The third kappa shape index (κ3) is 13.8. The number of benzene rings is 2. The Hall–Kier alpha value is -4.92. The molecular formula is C51H69Cl2N7O6. The summed E-state index contributed by atoms with van der Waals surface area (Å²) in [4.78, 5) is 86.1. The van der Waals surface area contributed by atoms with Crippen LogP contribution >= 0.6 is 24.8 Å². The number of piperidine rings is 2. The van der Waals surface area contributed by atoms with E-state index in [1.54, 1.807) is 37.7 Å². The summed E-state index contributed by atoms with van der Waals surface area (Å²) in [6, 6.07) is 11.9. The largest absolute Gasteiger partial charge is 0.347 e. The number of nitrogens with zero attached hydrogens (tertiary/aromatic N) is 2. The van der Waals surface area contributed by atoms with Crippen molar-refractivity contribution in [2.45, 2.75) is 158 Å². The van der Waals surface area contributed by atoms with Crippen LogP contribution in [0, 0.1) is 23.7 Å². The molecule has 2 fully saturated rings. The molecule has 2 saturated heterocycles. The maximum atomic E-state index is 14.3. The van der Waals surface area contributed by atoms with Crippen LogP contribution in [0.2, 0.25) is 0 Å². The Kier molecular flexibility index (Phi) is 21.5. The van der Waals surface area contributed by atoms with E-state index < -0.39 is 36.3 Å². The Morgan fingerprint density at radius 3 is 1.67 bits per heavy atom. The summed E-state index contributed by atoms with van der Waals surface area (Å²) in [5.74, 6) is 9.99. The van der Waals surface area contributed by atoms with Crippen molar-refractivity contribution in [1.82, 2.24) is 36.4 Å². The minimum absolute atomic E-state index is 0. The van der Waals surface area contributed by atoms with Crippen LogP contribution in [0.15, 0.2) is 48.5 Å². The fourth-order valence-corrected chi connectivity index (χ4v) is 9.67. The third-order valence-corrected chi connectivity index (χ3v) is 13.6. The van der Waals surface area contributed by atoms with Gasteiger partial charge >= 0.3 is 0 Å². The van der Waals surface area contributed by atoms with Crippen molar-refractivity contribution in [1.29, 1.82) is 0 Å². The highest BCUT2D eigenvalue weighted by Crippen LogP contribution is 2.36. The van der Waals surface area contributed by atoms with Crippen LogP contribution in [-0.4, -0.2) is 109 Å². The van der Waals surface area contributed by atoms with E-state index in [-0.39, 0.29) is 84.9 Å². The lowest BCUT2D eigenvalue weighted by Gasteiger charge is -2.38. The molecule has 4 aliphatic rings. The van der Waals surface area contributed by atoms with Crippen LogP contribution in [0.1, 0.15) is 132 Å². The molecule has 6 rings (SSSR count). The Morgan fingerprint density at radius 2 is 1.11 bits per heavy atom. The Bertz CT molecular complexity index is 2000. The molecule has 66 heavy (non-hydrogen) atoms. The van der Waals surface area contributed by atoms with Gasteiger partial charge in [0.2, 0.25) is 29.5 Å². The smallest absolute Gasteiger partial charge is 0.246 e. The first-order chi connectivity index (χ1) is 31.0. The lowest BCUT2D eigenvalue weighted by Crippen LogP contribution is -2.58. The summed E-state index contributed by atoms with van der Waals surface area (Å²) in [7, 11) is 3.32. The van der Waals surface area contributed by atoms with Gasteiger partial charge in [0.1, 0.15) is 18.1 Å². The van der Waals surface area contributed by atoms with Gasteiger partial charge in [0.15, 0.2) is 5.78 Å². The fourth-order valence-electron chi connectivity index (χ4n) is 9.67. The zero-order chi connectivity index (χ0) is 45.6. The van der Waals surface area contributed by atoms with E-state index in [9.17, 15) is 28.8 Å². The first-order valence-corrected chi connectivity index (χ1v) is 23.5. The summed E-state index contributed by atoms with van der Waals surface area (Å²) in [6.07, 6.45) is 10.2. The number of carbonyl (C=O) groups excluding carboxylic acids is 6. The first-order valence-electron chi connectivity index (χ1n) is 23.5. The maximum Gasteiger partial charge on any atom is 0.246 e. The highest BCUT2D eigenvalue weighted by molar-refractivity contribution is 5.95. The molecular weight excluding hydrogens is 878 g/mol. The summed E-state index contributed by atoms with van der Waals surface area (Å²) < 4.78 is 0. The van der Waals surface area contributed by atoms with E-state index in [0.29, 0.717) is 32.4 Å². The molecule has 5 amide bonds. The molecule has 13 nitrogen and oxygen atoms in total. The third-order valence-electron chi connectivity index (χ3n) is 13.6. The second-order valence-corrected chi connectivity index (χ2v) is 17.9. The summed E-state index contributed by atoms with van der Waals surface area (Å²) in [5, 5.41) is 14.8. The molecule has 0 bridgehead atoms. The number of Topliss-reactive ketones (excluding diaryl/α,β-unsaturated/α-hetero) is 1. The molecule has 15 heteroatoms. The van der Waals surface area contributed by atoms with E-state index >= 15 is 0 Å². The van der Waals surface area contributed by atoms with Gasteiger partial charge in [0, 0.05) is 32.4 Å². The van der Waals surface area contributed by atoms with Gasteiger partial charge in [-0.3, -0.25) is 28.8 Å². The number of hydrogen-bond acceptors (Lipinski definition) is 8. The Labute approximate surface area is 403 Å². The lowest BCUT2D eigenvalue weighted by molar-refractivity contribution is -0.145. The van der Waals surface area contributed by atoms with Gasteiger partial charge in [-0.15, -0.1) is 24.8 Å². The molecule has 2 aliphatic heterocycles. The fraction of sp³-hybridized carbons (Fsp3) is 0.569. The minimum atomic E-state index is -1.03. The van der Waals surface area contributed by atoms with Crippen LogP contribution in [0.5, 0.6) is 0 Å². The van der Waals surface area contributed by atoms with E-state index in [2.05, 4.69) is 74.5 Å². The summed E-state index contributed by atoms with van der Waals surface area (Å²) in [5.41, 5.74) is 4.86. The Balaban J connectivity index is 0.00000476. The number of likely N-dealkylation sites (N-methyl/N-ethyl adjacent to an activating group) is 2. The van der Waals surface area contributed by atoms with Crippen LogP contribution in [0.25, 0.3) is 0 Å².